The summed E-state index contributed by atoms with van der Waals surface area (Å²) in [5.41, 5.74) is 3.60. The predicted octanol–water partition coefficient (Wildman–Crippen LogP) is 4.00. The van der Waals surface area contributed by atoms with E-state index in [1.807, 2.05) is 37.3 Å². The van der Waals surface area contributed by atoms with E-state index in [0.29, 0.717) is 37.3 Å². The van der Waals surface area contributed by atoms with Gasteiger partial charge in [0.15, 0.2) is 0 Å². The monoisotopic (exact) mass is 571 g/mol. The standard InChI is InChI=1S/C31H33N5O6/c1-2-8-28(37)36(19-27-33-24-11-6-7-12-25(24)34-27)18-21-13-15-23(16-14-21)29(38)32-17-26(30(39)40)35-31(41)42-20-22-9-4-3-5-10-22/h3-7,9-16,26H,2,8,17-20H2,1H3,(H,32,38)(H,33,34)(H,35,41)(H,39,40). The van der Waals surface area contributed by atoms with Crippen molar-refractivity contribution >= 4 is 34.9 Å². The molecule has 4 rings (SSSR count). The first-order valence-corrected chi connectivity index (χ1v) is 13.6. The van der Waals surface area contributed by atoms with Crippen LogP contribution in [0.15, 0.2) is 78.9 Å². The second-order valence-electron chi connectivity index (χ2n) is 9.70. The quantitative estimate of drug-likeness (QED) is 0.189. The molecule has 0 spiro atoms. The third kappa shape index (κ3) is 8.40. The molecule has 0 aliphatic heterocycles. The summed E-state index contributed by atoms with van der Waals surface area (Å²) in [6, 6.07) is 21.9. The van der Waals surface area contributed by atoms with Gasteiger partial charge in [0, 0.05) is 25.1 Å². The SMILES string of the molecule is CCCC(=O)N(Cc1ccc(C(=O)NCC(NC(=O)OCc2ccccc2)C(=O)O)cc1)Cc1nc2ccccc2[nH]1. The highest BCUT2D eigenvalue weighted by atomic mass is 16.5. The lowest BCUT2D eigenvalue weighted by Gasteiger charge is -2.22. The number of rotatable bonds is 13. The van der Waals surface area contributed by atoms with Gasteiger partial charge in [0.2, 0.25) is 5.91 Å². The number of hydrogen-bond acceptors (Lipinski definition) is 6. The van der Waals surface area contributed by atoms with Crippen molar-refractivity contribution in [3.8, 4) is 0 Å². The first-order valence-electron chi connectivity index (χ1n) is 13.6. The highest BCUT2D eigenvalue weighted by molar-refractivity contribution is 5.94. The Hall–Kier alpha value is -5.19. The van der Waals surface area contributed by atoms with Crippen LogP contribution in [-0.2, 0) is 34.0 Å². The maximum Gasteiger partial charge on any atom is 0.408 e. The maximum absolute atomic E-state index is 12.9. The Kier molecular flexibility index (Phi) is 10.2. The van der Waals surface area contributed by atoms with E-state index in [1.165, 1.54) is 0 Å². The minimum absolute atomic E-state index is 0.00529. The van der Waals surface area contributed by atoms with Crippen molar-refractivity contribution in [3.05, 3.63) is 101 Å². The van der Waals surface area contributed by atoms with Crippen LogP contribution in [0.25, 0.3) is 11.0 Å². The van der Waals surface area contributed by atoms with E-state index >= 15 is 0 Å². The number of ether oxygens (including phenoxy) is 1. The summed E-state index contributed by atoms with van der Waals surface area (Å²) in [6.45, 7) is 2.23. The minimum atomic E-state index is -1.38. The summed E-state index contributed by atoms with van der Waals surface area (Å²) in [5.74, 6) is -1.14. The smallest absolute Gasteiger partial charge is 0.408 e. The van der Waals surface area contributed by atoms with Crippen LogP contribution in [0.2, 0.25) is 0 Å². The molecule has 4 aromatic rings. The number of carbonyl (C=O) groups excluding carboxylic acids is 3. The molecule has 1 atom stereocenters. The molecule has 0 fully saturated rings. The van der Waals surface area contributed by atoms with Gasteiger partial charge in [-0.25, -0.2) is 14.6 Å². The molecule has 3 amide bonds. The third-order valence-corrected chi connectivity index (χ3v) is 6.45. The zero-order valence-electron chi connectivity index (χ0n) is 23.2. The van der Waals surface area contributed by atoms with Gasteiger partial charge in [0.05, 0.1) is 17.6 Å². The third-order valence-electron chi connectivity index (χ3n) is 6.45. The van der Waals surface area contributed by atoms with Crippen LogP contribution in [0, 0.1) is 0 Å². The highest BCUT2D eigenvalue weighted by Crippen LogP contribution is 2.15. The number of fused-ring (bicyclic) bond motifs is 1. The van der Waals surface area contributed by atoms with Crippen LogP contribution in [0.3, 0.4) is 0 Å². The summed E-state index contributed by atoms with van der Waals surface area (Å²) in [4.78, 5) is 58.8. The fraction of sp³-hybridized carbons (Fsp3) is 0.258. The average Bonchev–Trinajstić information content (AvgIpc) is 3.41. The molecule has 3 aromatic carbocycles. The first kappa shape index (κ1) is 29.8. The van der Waals surface area contributed by atoms with Crippen LogP contribution >= 0.6 is 0 Å². The van der Waals surface area contributed by atoms with Crippen molar-refractivity contribution < 1.29 is 29.0 Å². The summed E-state index contributed by atoms with van der Waals surface area (Å²) >= 11 is 0. The van der Waals surface area contributed by atoms with Gasteiger partial charge in [-0.05, 0) is 41.8 Å². The molecule has 42 heavy (non-hydrogen) atoms. The average molecular weight is 572 g/mol. The zero-order chi connectivity index (χ0) is 29.9. The lowest BCUT2D eigenvalue weighted by atomic mass is 10.1. The second-order valence-corrected chi connectivity index (χ2v) is 9.70. The number of hydrogen-bond donors (Lipinski definition) is 4. The van der Waals surface area contributed by atoms with E-state index in [-0.39, 0.29) is 19.1 Å². The zero-order valence-corrected chi connectivity index (χ0v) is 23.2. The number of alkyl carbamates (subject to hydrolysis) is 1. The summed E-state index contributed by atoms with van der Waals surface area (Å²) < 4.78 is 5.07. The van der Waals surface area contributed by atoms with Gasteiger partial charge in [-0.2, -0.15) is 0 Å². The Bertz CT molecular complexity index is 1490. The number of aliphatic carboxylic acids is 1. The Morgan fingerprint density at radius 2 is 1.64 bits per heavy atom. The summed E-state index contributed by atoms with van der Waals surface area (Å²) in [7, 11) is 0. The molecule has 1 aromatic heterocycles. The van der Waals surface area contributed by atoms with Crippen molar-refractivity contribution in [1.29, 1.82) is 0 Å². The van der Waals surface area contributed by atoms with Gasteiger partial charge < -0.3 is 30.4 Å². The van der Waals surface area contributed by atoms with Crippen LogP contribution in [0.1, 0.15) is 47.1 Å². The molecule has 0 saturated carbocycles. The largest absolute Gasteiger partial charge is 0.480 e. The molecule has 0 bridgehead atoms. The number of para-hydroxylation sites is 2. The first-order chi connectivity index (χ1) is 20.3. The number of aromatic nitrogens is 2. The van der Waals surface area contributed by atoms with Crippen LogP contribution in [0.5, 0.6) is 0 Å². The number of nitrogens with one attached hydrogen (secondary N) is 3. The van der Waals surface area contributed by atoms with Crippen molar-refractivity contribution in [2.24, 2.45) is 0 Å². The second kappa shape index (κ2) is 14.4. The number of carbonyl (C=O) groups is 4. The number of imidazole rings is 1. The van der Waals surface area contributed by atoms with Gasteiger partial charge >= 0.3 is 12.1 Å². The number of amides is 3. The Morgan fingerprint density at radius 3 is 2.33 bits per heavy atom. The Labute approximate surface area is 242 Å². The molecular formula is C31H33N5O6. The maximum atomic E-state index is 12.9. The number of H-pyrrole nitrogens is 1. The lowest BCUT2D eigenvalue weighted by molar-refractivity contribution is -0.139. The van der Waals surface area contributed by atoms with Gasteiger partial charge in [0.1, 0.15) is 18.5 Å². The van der Waals surface area contributed by atoms with Crippen molar-refractivity contribution in [2.75, 3.05) is 6.54 Å². The molecule has 0 aliphatic carbocycles. The normalized spacial score (nSPS) is 11.5. The molecule has 11 heteroatoms. The van der Waals surface area contributed by atoms with Gasteiger partial charge in [0.25, 0.3) is 5.91 Å². The highest BCUT2D eigenvalue weighted by Gasteiger charge is 2.22. The number of nitrogens with zero attached hydrogens (tertiary/aromatic N) is 2. The molecule has 0 saturated heterocycles. The summed E-state index contributed by atoms with van der Waals surface area (Å²) in [5, 5.41) is 14.3. The molecule has 1 heterocycles. The summed E-state index contributed by atoms with van der Waals surface area (Å²) in [6.07, 6.45) is 0.208. The van der Waals surface area contributed by atoms with E-state index in [9.17, 15) is 24.3 Å². The van der Waals surface area contributed by atoms with E-state index in [2.05, 4.69) is 20.6 Å². The Morgan fingerprint density at radius 1 is 0.929 bits per heavy atom. The lowest BCUT2D eigenvalue weighted by Crippen LogP contribution is -2.48. The van der Waals surface area contributed by atoms with E-state index < -0.39 is 24.0 Å². The Balaban J connectivity index is 1.32. The van der Waals surface area contributed by atoms with Gasteiger partial charge in [-0.3, -0.25) is 9.59 Å². The van der Waals surface area contributed by atoms with Crippen LogP contribution in [0.4, 0.5) is 4.79 Å². The number of carboxylic acid groups (broad SMARTS) is 1. The van der Waals surface area contributed by atoms with E-state index in [4.69, 9.17) is 4.74 Å². The van der Waals surface area contributed by atoms with Crippen molar-refractivity contribution in [1.82, 2.24) is 25.5 Å². The molecule has 1 unspecified atom stereocenters. The molecule has 4 N–H and O–H groups in total. The minimum Gasteiger partial charge on any atom is -0.480 e. The van der Waals surface area contributed by atoms with E-state index in [0.717, 1.165) is 22.2 Å². The molecule has 11 nitrogen and oxygen atoms in total. The van der Waals surface area contributed by atoms with Crippen LogP contribution < -0.4 is 10.6 Å². The number of benzene rings is 3. The van der Waals surface area contributed by atoms with E-state index in [1.54, 1.807) is 53.4 Å². The fourth-order valence-electron chi connectivity index (χ4n) is 4.25. The van der Waals surface area contributed by atoms with Crippen molar-refractivity contribution in [3.63, 3.8) is 0 Å². The van der Waals surface area contributed by atoms with Gasteiger partial charge in [-0.15, -0.1) is 0 Å². The number of aromatic amines is 1. The topological polar surface area (TPSA) is 154 Å². The molecule has 218 valence electrons. The van der Waals surface area contributed by atoms with Crippen LogP contribution in [-0.4, -0.2) is 56.4 Å². The van der Waals surface area contributed by atoms with Crippen molar-refractivity contribution in [2.45, 2.75) is 45.5 Å². The molecular weight excluding hydrogens is 538 g/mol. The predicted molar refractivity (Wildman–Crippen MR) is 155 cm³/mol. The molecule has 0 radical (unpaired) electrons. The number of carboxylic acids is 1. The molecule has 0 aliphatic rings. The fourth-order valence-corrected chi connectivity index (χ4v) is 4.25. The van der Waals surface area contributed by atoms with Gasteiger partial charge in [-0.1, -0.05) is 61.5 Å².